The Labute approximate surface area is 139 Å². The molecule has 116 valence electrons. The van der Waals surface area contributed by atoms with Gasteiger partial charge in [0.1, 0.15) is 11.6 Å². The molecule has 2 aromatic rings. The monoisotopic (exact) mass is 326 g/mol. The molecule has 6 heteroatoms. The van der Waals surface area contributed by atoms with Crippen molar-refractivity contribution in [2.45, 2.75) is 13.1 Å². The lowest BCUT2D eigenvalue weighted by atomic mass is 10.2. The van der Waals surface area contributed by atoms with Gasteiger partial charge in [0.05, 0.1) is 0 Å². The van der Waals surface area contributed by atoms with Gasteiger partial charge in [-0.15, -0.1) is 0 Å². The van der Waals surface area contributed by atoms with Crippen molar-refractivity contribution in [1.82, 2.24) is 15.6 Å². The van der Waals surface area contributed by atoms with E-state index in [4.69, 9.17) is 16.9 Å². The molecule has 0 saturated carbocycles. The highest BCUT2D eigenvalue weighted by Crippen LogP contribution is 2.09. The highest BCUT2D eigenvalue weighted by atomic mass is 35.5. The third kappa shape index (κ3) is 5.46. The predicted octanol–water partition coefficient (Wildman–Crippen LogP) is 2.55. The highest BCUT2D eigenvalue weighted by Gasteiger charge is 2.08. The Morgan fingerprint density at radius 2 is 2.00 bits per heavy atom. The number of rotatable bonds is 6. The molecular formula is C17H15ClN4O. The van der Waals surface area contributed by atoms with E-state index in [-0.39, 0.29) is 5.57 Å². The van der Waals surface area contributed by atoms with Crippen LogP contribution >= 0.6 is 11.6 Å². The van der Waals surface area contributed by atoms with Crippen molar-refractivity contribution in [1.29, 1.82) is 5.26 Å². The molecule has 1 aromatic carbocycles. The summed E-state index contributed by atoms with van der Waals surface area (Å²) in [5, 5.41) is 15.3. The number of nitrogens with zero attached hydrogens (tertiary/aromatic N) is 2. The molecule has 1 aromatic heterocycles. The van der Waals surface area contributed by atoms with E-state index in [2.05, 4.69) is 15.6 Å². The van der Waals surface area contributed by atoms with E-state index in [1.165, 1.54) is 6.20 Å². The number of benzene rings is 1. The average molecular weight is 327 g/mol. The van der Waals surface area contributed by atoms with Crippen molar-refractivity contribution >= 4 is 17.5 Å². The smallest absolute Gasteiger partial charge is 0.263 e. The molecule has 0 aliphatic rings. The molecule has 0 atom stereocenters. The van der Waals surface area contributed by atoms with Crippen LogP contribution in [0.5, 0.6) is 0 Å². The summed E-state index contributed by atoms with van der Waals surface area (Å²) in [6, 6.07) is 12.7. The molecule has 0 aliphatic carbocycles. The highest BCUT2D eigenvalue weighted by molar-refractivity contribution is 6.30. The maximum absolute atomic E-state index is 12.0. The minimum Gasteiger partial charge on any atom is -0.386 e. The zero-order valence-corrected chi connectivity index (χ0v) is 13.0. The molecule has 1 amide bonds. The molecule has 0 aliphatic heterocycles. The van der Waals surface area contributed by atoms with E-state index in [9.17, 15) is 4.79 Å². The van der Waals surface area contributed by atoms with E-state index < -0.39 is 5.91 Å². The van der Waals surface area contributed by atoms with Gasteiger partial charge in [0.15, 0.2) is 0 Å². The molecular weight excluding hydrogens is 312 g/mol. The van der Waals surface area contributed by atoms with E-state index in [1.54, 1.807) is 24.5 Å². The fourth-order valence-electron chi connectivity index (χ4n) is 1.80. The Kier molecular flexibility index (Phi) is 6.16. The molecule has 1 heterocycles. The standard InChI is InChI=1S/C17H15ClN4O/c18-16-5-3-13(4-6-16)11-22-17(23)15(8-19)12-21-10-14-2-1-7-20-9-14/h1-7,9,12,21H,10-11H2,(H,22,23)/b15-12-. The first kappa shape index (κ1) is 16.5. The topological polar surface area (TPSA) is 77.8 Å². The summed E-state index contributed by atoms with van der Waals surface area (Å²) in [5.41, 5.74) is 1.88. The van der Waals surface area contributed by atoms with Crippen LogP contribution in [0.2, 0.25) is 5.02 Å². The minimum absolute atomic E-state index is 0.0165. The molecule has 2 N–H and O–H groups in total. The molecule has 0 fully saturated rings. The molecule has 5 nitrogen and oxygen atoms in total. The maximum atomic E-state index is 12.0. The van der Waals surface area contributed by atoms with E-state index in [1.807, 2.05) is 30.3 Å². The number of carbonyl (C=O) groups excluding carboxylic acids is 1. The quantitative estimate of drug-likeness (QED) is 0.631. The second-order valence-corrected chi connectivity index (χ2v) is 5.16. The minimum atomic E-state index is -0.430. The van der Waals surface area contributed by atoms with Crippen LogP contribution in [-0.2, 0) is 17.9 Å². The van der Waals surface area contributed by atoms with E-state index in [0.717, 1.165) is 11.1 Å². The summed E-state index contributed by atoms with van der Waals surface area (Å²) >= 11 is 5.80. The number of halogens is 1. The lowest BCUT2D eigenvalue weighted by molar-refractivity contribution is -0.117. The number of hydrogen-bond acceptors (Lipinski definition) is 4. The zero-order valence-electron chi connectivity index (χ0n) is 12.3. The van der Waals surface area contributed by atoms with Crippen LogP contribution in [0.15, 0.2) is 60.6 Å². The summed E-state index contributed by atoms with van der Waals surface area (Å²) in [6.45, 7) is 0.821. The summed E-state index contributed by atoms with van der Waals surface area (Å²) in [4.78, 5) is 16.0. The Morgan fingerprint density at radius 1 is 1.22 bits per heavy atom. The largest absolute Gasteiger partial charge is 0.386 e. The normalized spacial score (nSPS) is 10.7. The molecule has 0 radical (unpaired) electrons. The van der Waals surface area contributed by atoms with Crippen LogP contribution in [0.25, 0.3) is 0 Å². The van der Waals surface area contributed by atoms with Crippen LogP contribution in [-0.4, -0.2) is 10.9 Å². The Balaban J connectivity index is 1.86. The van der Waals surface area contributed by atoms with Crippen LogP contribution in [0.1, 0.15) is 11.1 Å². The lowest BCUT2D eigenvalue weighted by Gasteiger charge is -2.05. The van der Waals surface area contributed by atoms with Crippen LogP contribution in [0, 0.1) is 11.3 Å². The van der Waals surface area contributed by atoms with Gasteiger partial charge < -0.3 is 10.6 Å². The van der Waals surface area contributed by atoms with Gasteiger partial charge in [0.2, 0.25) is 0 Å². The molecule has 0 bridgehead atoms. The van der Waals surface area contributed by atoms with Crippen molar-refractivity contribution in [3.63, 3.8) is 0 Å². The second-order valence-electron chi connectivity index (χ2n) is 4.72. The van der Waals surface area contributed by atoms with Crippen molar-refractivity contribution in [3.05, 3.63) is 76.7 Å². The molecule has 0 spiro atoms. The molecule has 23 heavy (non-hydrogen) atoms. The van der Waals surface area contributed by atoms with Gasteiger partial charge in [-0.25, -0.2) is 0 Å². The first-order chi connectivity index (χ1) is 11.2. The van der Waals surface area contributed by atoms with Crippen molar-refractivity contribution in [3.8, 4) is 6.07 Å². The fourth-order valence-corrected chi connectivity index (χ4v) is 1.93. The summed E-state index contributed by atoms with van der Waals surface area (Å²) in [5.74, 6) is -0.430. The second kappa shape index (κ2) is 8.57. The van der Waals surface area contributed by atoms with Crippen LogP contribution < -0.4 is 10.6 Å². The number of nitriles is 1. The summed E-state index contributed by atoms with van der Waals surface area (Å²) in [6.07, 6.45) is 4.81. The average Bonchev–Trinajstić information content (AvgIpc) is 2.59. The number of carbonyl (C=O) groups is 1. The van der Waals surface area contributed by atoms with Crippen molar-refractivity contribution in [2.75, 3.05) is 0 Å². The van der Waals surface area contributed by atoms with Gasteiger partial charge in [-0.1, -0.05) is 29.8 Å². The van der Waals surface area contributed by atoms with Crippen molar-refractivity contribution < 1.29 is 4.79 Å². The Hall–Kier alpha value is -2.84. The Morgan fingerprint density at radius 3 is 2.65 bits per heavy atom. The maximum Gasteiger partial charge on any atom is 0.263 e. The van der Waals surface area contributed by atoms with Gasteiger partial charge in [-0.2, -0.15) is 5.26 Å². The fraction of sp³-hybridized carbons (Fsp3) is 0.118. The third-order valence-corrected chi connectivity index (χ3v) is 3.26. The Bertz CT molecular complexity index is 721. The molecule has 0 unspecified atom stereocenters. The van der Waals surface area contributed by atoms with E-state index >= 15 is 0 Å². The van der Waals surface area contributed by atoms with E-state index in [0.29, 0.717) is 18.1 Å². The number of hydrogen-bond donors (Lipinski definition) is 2. The van der Waals surface area contributed by atoms with Crippen molar-refractivity contribution in [2.24, 2.45) is 0 Å². The van der Waals surface area contributed by atoms with Gasteiger partial charge in [-0.05, 0) is 29.3 Å². The van der Waals surface area contributed by atoms with Gasteiger partial charge in [0.25, 0.3) is 5.91 Å². The van der Waals surface area contributed by atoms with Gasteiger partial charge in [0, 0.05) is 36.7 Å². The number of amides is 1. The predicted molar refractivity (Wildman–Crippen MR) is 88.1 cm³/mol. The van der Waals surface area contributed by atoms with Crippen LogP contribution in [0.3, 0.4) is 0 Å². The van der Waals surface area contributed by atoms with Crippen LogP contribution in [0.4, 0.5) is 0 Å². The molecule has 0 saturated heterocycles. The third-order valence-electron chi connectivity index (χ3n) is 3.01. The summed E-state index contributed by atoms with van der Waals surface area (Å²) in [7, 11) is 0. The van der Waals surface area contributed by atoms with Gasteiger partial charge in [-0.3, -0.25) is 9.78 Å². The number of pyridine rings is 1. The first-order valence-electron chi connectivity index (χ1n) is 6.94. The first-order valence-corrected chi connectivity index (χ1v) is 7.32. The lowest BCUT2D eigenvalue weighted by Crippen LogP contribution is -2.25. The zero-order chi connectivity index (χ0) is 16.5. The molecule has 2 rings (SSSR count). The number of nitrogens with one attached hydrogen (secondary N) is 2. The summed E-state index contributed by atoms with van der Waals surface area (Å²) < 4.78 is 0. The SMILES string of the molecule is N#C/C(=C/NCc1cccnc1)C(=O)NCc1ccc(Cl)cc1. The van der Waals surface area contributed by atoms with Gasteiger partial charge >= 0.3 is 0 Å². The number of aromatic nitrogens is 1.